The van der Waals surface area contributed by atoms with Gasteiger partial charge in [-0.05, 0) is 42.0 Å². The van der Waals surface area contributed by atoms with Gasteiger partial charge in [-0.25, -0.2) is 4.39 Å². The fourth-order valence-electron chi connectivity index (χ4n) is 2.31. The first-order valence-electron chi connectivity index (χ1n) is 7.78. The van der Waals surface area contributed by atoms with Crippen molar-refractivity contribution in [2.75, 3.05) is 10.6 Å². The molecule has 128 valence electrons. The number of nitriles is 1. The van der Waals surface area contributed by atoms with Gasteiger partial charge in [-0.3, -0.25) is 4.79 Å². The smallest absolute Gasteiger partial charge is 0.229 e. The molecule has 0 saturated heterocycles. The Balaban J connectivity index is 1.62. The molecule has 1 heterocycles. The molecule has 1 aromatic heterocycles. The fraction of sp³-hybridized carbons (Fsp3) is 0.0526. The molecule has 0 aliphatic heterocycles. The van der Waals surface area contributed by atoms with Crippen LogP contribution < -0.4 is 10.6 Å². The third-order valence-corrected chi connectivity index (χ3v) is 3.50. The monoisotopic (exact) mass is 347 g/mol. The summed E-state index contributed by atoms with van der Waals surface area (Å²) < 4.78 is 13.1. The third-order valence-electron chi connectivity index (χ3n) is 3.50. The van der Waals surface area contributed by atoms with Crippen LogP contribution in [0, 0.1) is 17.1 Å². The third kappa shape index (κ3) is 4.39. The second kappa shape index (κ2) is 7.85. The van der Waals surface area contributed by atoms with Crippen LogP contribution in [-0.2, 0) is 11.2 Å². The number of aromatic nitrogens is 2. The molecular formula is C19H14FN5O. The van der Waals surface area contributed by atoms with Crippen LogP contribution >= 0.6 is 0 Å². The van der Waals surface area contributed by atoms with Crippen molar-refractivity contribution in [1.82, 2.24) is 10.2 Å². The first kappa shape index (κ1) is 17.0. The van der Waals surface area contributed by atoms with Gasteiger partial charge in [0.05, 0.1) is 17.7 Å². The second-order valence-corrected chi connectivity index (χ2v) is 5.44. The molecule has 0 aliphatic carbocycles. The molecular weight excluding hydrogens is 333 g/mol. The molecule has 26 heavy (non-hydrogen) atoms. The van der Waals surface area contributed by atoms with E-state index in [0.29, 0.717) is 22.6 Å². The minimum absolute atomic E-state index is 0.0367. The number of anilines is 3. The molecule has 2 aromatic carbocycles. The van der Waals surface area contributed by atoms with Crippen molar-refractivity contribution in [3.8, 4) is 6.07 Å². The van der Waals surface area contributed by atoms with E-state index in [4.69, 9.17) is 5.26 Å². The lowest BCUT2D eigenvalue weighted by molar-refractivity contribution is -0.115. The first-order valence-corrected chi connectivity index (χ1v) is 7.78. The van der Waals surface area contributed by atoms with E-state index in [0.717, 1.165) is 0 Å². The van der Waals surface area contributed by atoms with Crippen LogP contribution in [-0.4, -0.2) is 16.1 Å². The Bertz CT molecular complexity index is 966. The van der Waals surface area contributed by atoms with Gasteiger partial charge in [-0.15, -0.1) is 10.2 Å². The lowest BCUT2D eigenvalue weighted by Gasteiger charge is -2.08. The van der Waals surface area contributed by atoms with Crippen molar-refractivity contribution >= 4 is 23.2 Å². The van der Waals surface area contributed by atoms with Gasteiger partial charge in [0, 0.05) is 0 Å². The summed E-state index contributed by atoms with van der Waals surface area (Å²) in [4.78, 5) is 12.0. The molecule has 1 amide bonds. The molecule has 0 bridgehead atoms. The van der Waals surface area contributed by atoms with Crippen LogP contribution in [0.25, 0.3) is 0 Å². The summed E-state index contributed by atoms with van der Waals surface area (Å²) >= 11 is 0. The zero-order valence-electron chi connectivity index (χ0n) is 13.6. The molecule has 0 fully saturated rings. The molecule has 0 unspecified atom stereocenters. The lowest BCUT2D eigenvalue weighted by Crippen LogP contribution is -2.15. The van der Waals surface area contributed by atoms with Crippen molar-refractivity contribution < 1.29 is 9.18 Å². The minimum Gasteiger partial charge on any atom is -0.338 e. The normalized spacial score (nSPS) is 10.0. The van der Waals surface area contributed by atoms with E-state index in [1.807, 2.05) is 0 Å². The summed E-state index contributed by atoms with van der Waals surface area (Å²) in [6.45, 7) is 0. The van der Waals surface area contributed by atoms with Crippen LogP contribution in [0.4, 0.5) is 21.7 Å². The topological polar surface area (TPSA) is 90.7 Å². The molecule has 3 aromatic rings. The van der Waals surface area contributed by atoms with Gasteiger partial charge in [-0.1, -0.05) is 24.3 Å². The summed E-state index contributed by atoms with van der Waals surface area (Å²) in [7, 11) is 0. The largest absolute Gasteiger partial charge is 0.338 e. The Kier molecular flexibility index (Phi) is 5.15. The Morgan fingerprint density at radius 1 is 1.04 bits per heavy atom. The number of hydrogen-bond acceptors (Lipinski definition) is 5. The van der Waals surface area contributed by atoms with Crippen LogP contribution in [0.3, 0.4) is 0 Å². The highest BCUT2D eigenvalue weighted by Gasteiger charge is 2.07. The number of carbonyl (C=O) groups is 1. The van der Waals surface area contributed by atoms with E-state index in [1.54, 1.807) is 48.5 Å². The highest BCUT2D eigenvalue weighted by atomic mass is 19.1. The van der Waals surface area contributed by atoms with Gasteiger partial charge in [0.25, 0.3) is 0 Å². The summed E-state index contributed by atoms with van der Waals surface area (Å²) in [5.74, 6) is 0.0185. The number of rotatable bonds is 5. The standard InChI is InChI=1S/C19H14FN5O/c20-15-6-3-4-13(10-15)11-19(26)23-18-9-8-17(24-25-18)22-16-7-2-1-5-14(16)12-21/h1-10H,11H2,(H,22,24)(H,23,25,26). The van der Waals surface area contributed by atoms with Crippen LogP contribution in [0.15, 0.2) is 60.7 Å². The van der Waals surface area contributed by atoms with Crippen molar-refractivity contribution in [2.45, 2.75) is 6.42 Å². The highest BCUT2D eigenvalue weighted by Crippen LogP contribution is 2.18. The number of hydrogen-bond donors (Lipinski definition) is 2. The average molecular weight is 347 g/mol. The summed E-state index contributed by atoms with van der Waals surface area (Å²) in [6.07, 6.45) is 0.0367. The second-order valence-electron chi connectivity index (χ2n) is 5.44. The van der Waals surface area contributed by atoms with Crippen molar-refractivity contribution in [1.29, 1.82) is 5.26 Å². The molecule has 0 atom stereocenters. The van der Waals surface area contributed by atoms with Crippen molar-refractivity contribution in [3.63, 3.8) is 0 Å². The van der Waals surface area contributed by atoms with E-state index in [1.165, 1.54) is 12.1 Å². The molecule has 3 rings (SSSR count). The zero-order chi connectivity index (χ0) is 18.4. The van der Waals surface area contributed by atoms with Gasteiger partial charge >= 0.3 is 0 Å². The first-order chi connectivity index (χ1) is 12.6. The predicted octanol–water partition coefficient (Wildman–Crippen LogP) is 3.41. The SMILES string of the molecule is N#Cc1ccccc1Nc1ccc(NC(=O)Cc2cccc(F)c2)nn1. The number of nitrogens with one attached hydrogen (secondary N) is 2. The molecule has 0 saturated carbocycles. The quantitative estimate of drug-likeness (QED) is 0.738. The van der Waals surface area contributed by atoms with E-state index >= 15 is 0 Å². The van der Waals surface area contributed by atoms with Crippen LogP contribution in [0.5, 0.6) is 0 Å². The number of amides is 1. The zero-order valence-corrected chi connectivity index (χ0v) is 13.6. The maximum atomic E-state index is 13.1. The van der Waals surface area contributed by atoms with E-state index in [-0.39, 0.29) is 24.0 Å². The van der Waals surface area contributed by atoms with Gasteiger partial charge in [0.2, 0.25) is 5.91 Å². The number of nitrogens with zero attached hydrogens (tertiary/aromatic N) is 3. The van der Waals surface area contributed by atoms with E-state index < -0.39 is 0 Å². The fourth-order valence-corrected chi connectivity index (χ4v) is 2.31. The number of para-hydroxylation sites is 1. The maximum Gasteiger partial charge on any atom is 0.229 e. The summed E-state index contributed by atoms with van der Waals surface area (Å²) in [6, 6.07) is 18.2. The van der Waals surface area contributed by atoms with Gasteiger partial charge in [0.1, 0.15) is 11.9 Å². The van der Waals surface area contributed by atoms with Gasteiger partial charge in [-0.2, -0.15) is 5.26 Å². The van der Waals surface area contributed by atoms with E-state index in [9.17, 15) is 9.18 Å². The molecule has 7 heteroatoms. The molecule has 2 N–H and O–H groups in total. The van der Waals surface area contributed by atoms with Gasteiger partial charge < -0.3 is 10.6 Å². The number of carbonyl (C=O) groups excluding carboxylic acids is 1. The molecule has 0 radical (unpaired) electrons. The Hall–Kier alpha value is -3.79. The van der Waals surface area contributed by atoms with Crippen molar-refractivity contribution in [2.24, 2.45) is 0 Å². The molecule has 0 spiro atoms. The summed E-state index contributed by atoms with van der Waals surface area (Å²) in [5, 5.41) is 22.6. The Morgan fingerprint density at radius 2 is 1.81 bits per heavy atom. The lowest BCUT2D eigenvalue weighted by atomic mass is 10.1. The average Bonchev–Trinajstić information content (AvgIpc) is 2.64. The molecule has 6 nitrogen and oxygen atoms in total. The Labute approximate surface area is 149 Å². The van der Waals surface area contributed by atoms with Crippen LogP contribution in [0.1, 0.15) is 11.1 Å². The maximum absolute atomic E-state index is 13.1. The number of benzene rings is 2. The number of halogens is 1. The summed E-state index contributed by atoms with van der Waals surface area (Å²) in [5.41, 5.74) is 1.68. The Morgan fingerprint density at radius 3 is 2.54 bits per heavy atom. The highest BCUT2D eigenvalue weighted by molar-refractivity contribution is 5.91. The van der Waals surface area contributed by atoms with Gasteiger partial charge in [0.15, 0.2) is 11.6 Å². The van der Waals surface area contributed by atoms with Crippen molar-refractivity contribution in [3.05, 3.63) is 77.6 Å². The van der Waals surface area contributed by atoms with Crippen LogP contribution in [0.2, 0.25) is 0 Å². The predicted molar refractivity (Wildman–Crippen MR) is 95.2 cm³/mol. The minimum atomic E-state index is -0.386. The van der Waals surface area contributed by atoms with E-state index in [2.05, 4.69) is 26.9 Å². The molecule has 0 aliphatic rings.